The van der Waals surface area contributed by atoms with E-state index in [1.54, 1.807) is 16.9 Å². The van der Waals surface area contributed by atoms with Gasteiger partial charge in [0.2, 0.25) is 5.91 Å². The first-order valence-electron chi connectivity index (χ1n) is 9.46. The van der Waals surface area contributed by atoms with Crippen LogP contribution in [0, 0.1) is 6.92 Å². The van der Waals surface area contributed by atoms with Crippen molar-refractivity contribution < 1.29 is 14.3 Å². The van der Waals surface area contributed by atoms with Gasteiger partial charge >= 0.3 is 0 Å². The molecule has 2 aromatic rings. The number of carbonyl (C=O) groups excluding carboxylic acids is 2. The fraction of sp³-hybridized carbons (Fsp3) is 0.318. The summed E-state index contributed by atoms with van der Waals surface area (Å²) >= 11 is 1.30. The molecule has 2 aromatic carbocycles. The molecule has 0 N–H and O–H groups in total. The summed E-state index contributed by atoms with van der Waals surface area (Å²) in [7, 11) is 1.62. The van der Waals surface area contributed by atoms with Gasteiger partial charge in [-0.2, -0.15) is 0 Å². The summed E-state index contributed by atoms with van der Waals surface area (Å²) in [4.78, 5) is 32.9. The molecular formula is C22H25N3O3S. The average Bonchev–Trinajstić information content (AvgIpc) is 3.11. The molecule has 1 heterocycles. The Bertz CT molecular complexity index is 869. The highest BCUT2D eigenvalue weighted by atomic mass is 32.2. The van der Waals surface area contributed by atoms with Gasteiger partial charge < -0.3 is 9.64 Å². The first kappa shape index (κ1) is 21.1. The number of thioether (sulfide) groups is 1. The second-order valence-electron chi connectivity index (χ2n) is 6.75. The van der Waals surface area contributed by atoms with Crippen LogP contribution in [0.2, 0.25) is 0 Å². The normalized spacial score (nSPS) is 13.5. The molecule has 1 aliphatic heterocycles. The van der Waals surface area contributed by atoms with Crippen molar-refractivity contribution in [3.8, 4) is 0 Å². The zero-order valence-corrected chi connectivity index (χ0v) is 17.5. The topological polar surface area (TPSA) is 62.2 Å². The Morgan fingerprint density at radius 2 is 1.90 bits per heavy atom. The third-order valence-corrected chi connectivity index (χ3v) is 5.50. The number of aliphatic imine (C=N–C) groups is 1. The van der Waals surface area contributed by atoms with Crippen molar-refractivity contribution >= 4 is 34.4 Å². The van der Waals surface area contributed by atoms with Crippen LogP contribution < -0.4 is 4.90 Å². The number of ether oxygens (including phenoxy) is 1. The molecule has 0 aromatic heterocycles. The van der Waals surface area contributed by atoms with Gasteiger partial charge in [0, 0.05) is 20.2 Å². The highest BCUT2D eigenvalue weighted by molar-refractivity contribution is 8.14. The summed E-state index contributed by atoms with van der Waals surface area (Å²) in [5.74, 6) is 0.122. The van der Waals surface area contributed by atoms with Gasteiger partial charge in [0.05, 0.1) is 18.0 Å². The van der Waals surface area contributed by atoms with Crippen molar-refractivity contribution in [3.63, 3.8) is 0 Å². The predicted octanol–water partition coefficient (Wildman–Crippen LogP) is 3.11. The smallest absolute Gasteiger partial charge is 0.254 e. The molecule has 7 heteroatoms. The Labute approximate surface area is 175 Å². The fourth-order valence-corrected chi connectivity index (χ4v) is 3.88. The molecule has 29 heavy (non-hydrogen) atoms. The van der Waals surface area contributed by atoms with Crippen LogP contribution in [0.5, 0.6) is 0 Å². The van der Waals surface area contributed by atoms with Gasteiger partial charge in [-0.05, 0) is 24.6 Å². The number of nitrogens with zero attached hydrogens (tertiary/aromatic N) is 3. The number of carbonyl (C=O) groups is 2. The quantitative estimate of drug-likeness (QED) is 0.670. The fourth-order valence-electron chi connectivity index (χ4n) is 2.96. The van der Waals surface area contributed by atoms with E-state index in [1.165, 1.54) is 11.8 Å². The second-order valence-corrected chi connectivity index (χ2v) is 7.69. The van der Waals surface area contributed by atoms with E-state index in [0.29, 0.717) is 24.9 Å². The Morgan fingerprint density at radius 3 is 2.59 bits per heavy atom. The van der Waals surface area contributed by atoms with Gasteiger partial charge in [0.1, 0.15) is 6.54 Å². The molecule has 0 spiro atoms. The van der Waals surface area contributed by atoms with Crippen LogP contribution in [0.1, 0.15) is 11.1 Å². The molecule has 152 valence electrons. The molecule has 0 atom stereocenters. The Morgan fingerprint density at radius 1 is 1.17 bits per heavy atom. The van der Waals surface area contributed by atoms with Crippen molar-refractivity contribution in [3.05, 3.63) is 65.7 Å². The number of methoxy groups -OCH3 is 1. The first-order chi connectivity index (χ1) is 14.1. The van der Waals surface area contributed by atoms with E-state index < -0.39 is 0 Å². The van der Waals surface area contributed by atoms with Gasteiger partial charge in [0.25, 0.3) is 5.91 Å². The van der Waals surface area contributed by atoms with Crippen LogP contribution in [-0.2, 0) is 20.9 Å². The minimum Gasteiger partial charge on any atom is -0.383 e. The van der Waals surface area contributed by atoms with Crippen LogP contribution in [0.15, 0.2) is 59.6 Å². The summed E-state index contributed by atoms with van der Waals surface area (Å²) in [5.41, 5.74) is 2.96. The third-order valence-electron chi connectivity index (χ3n) is 4.54. The monoisotopic (exact) mass is 411 g/mol. The molecule has 1 aliphatic rings. The number of amidine groups is 1. The van der Waals surface area contributed by atoms with Crippen molar-refractivity contribution in [2.75, 3.05) is 37.5 Å². The van der Waals surface area contributed by atoms with E-state index in [4.69, 9.17) is 4.74 Å². The van der Waals surface area contributed by atoms with Crippen LogP contribution in [-0.4, -0.2) is 54.4 Å². The van der Waals surface area contributed by atoms with Gasteiger partial charge in [-0.3, -0.25) is 19.5 Å². The lowest BCUT2D eigenvalue weighted by molar-refractivity contribution is -0.129. The molecule has 2 amide bonds. The van der Waals surface area contributed by atoms with Crippen LogP contribution in [0.4, 0.5) is 5.69 Å². The highest BCUT2D eigenvalue weighted by Gasteiger charge is 2.28. The maximum absolute atomic E-state index is 12.9. The van der Waals surface area contributed by atoms with E-state index in [1.807, 2.05) is 61.5 Å². The van der Waals surface area contributed by atoms with Crippen molar-refractivity contribution in [2.24, 2.45) is 4.99 Å². The summed E-state index contributed by atoms with van der Waals surface area (Å²) in [5, 5.41) is 0.568. The van der Waals surface area contributed by atoms with Crippen LogP contribution in [0.25, 0.3) is 0 Å². The number of amides is 2. The molecule has 0 saturated carbocycles. The van der Waals surface area contributed by atoms with E-state index in [0.717, 1.165) is 16.8 Å². The SMILES string of the molecule is COCCN(Cc1ccccc1)C(=O)CSC1=NCC(=O)N1c1ccc(C)cc1. The van der Waals surface area contributed by atoms with Crippen LogP contribution >= 0.6 is 11.8 Å². The van der Waals surface area contributed by atoms with Crippen molar-refractivity contribution in [1.82, 2.24) is 4.90 Å². The van der Waals surface area contributed by atoms with Gasteiger partial charge in [-0.1, -0.05) is 59.8 Å². The Kier molecular flexibility index (Phi) is 7.43. The largest absolute Gasteiger partial charge is 0.383 e. The second kappa shape index (κ2) is 10.2. The lowest BCUT2D eigenvalue weighted by Crippen LogP contribution is -2.36. The highest BCUT2D eigenvalue weighted by Crippen LogP contribution is 2.24. The maximum Gasteiger partial charge on any atom is 0.254 e. The third kappa shape index (κ3) is 5.68. The summed E-state index contributed by atoms with van der Waals surface area (Å²) in [6, 6.07) is 17.6. The number of anilines is 1. The number of rotatable bonds is 8. The number of benzene rings is 2. The van der Waals surface area contributed by atoms with Crippen LogP contribution in [0.3, 0.4) is 0 Å². The Balaban J connectivity index is 1.64. The molecule has 3 rings (SSSR count). The molecule has 0 radical (unpaired) electrons. The minimum atomic E-state index is -0.0793. The lowest BCUT2D eigenvalue weighted by Gasteiger charge is -2.23. The molecular weight excluding hydrogens is 386 g/mol. The Hall–Kier alpha value is -2.64. The molecule has 0 aliphatic carbocycles. The van der Waals surface area contributed by atoms with E-state index in [-0.39, 0.29) is 24.1 Å². The van der Waals surface area contributed by atoms with E-state index in [9.17, 15) is 9.59 Å². The number of hydrogen-bond acceptors (Lipinski definition) is 5. The van der Waals surface area contributed by atoms with E-state index in [2.05, 4.69) is 4.99 Å². The minimum absolute atomic E-state index is 0.0122. The molecule has 6 nitrogen and oxygen atoms in total. The number of aryl methyl sites for hydroxylation is 1. The van der Waals surface area contributed by atoms with Crippen molar-refractivity contribution in [2.45, 2.75) is 13.5 Å². The zero-order valence-electron chi connectivity index (χ0n) is 16.7. The standard InChI is InChI=1S/C22H25N3O3S/c1-17-8-10-19(11-9-17)25-20(26)14-23-22(25)29-16-21(27)24(12-13-28-2)15-18-6-4-3-5-7-18/h3-11H,12-16H2,1-2H3. The summed E-state index contributed by atoms with van der Waals surface area (Å²) in [6.45, 7) is 3.62. The zero-order chi connectivity index (χ0) is 20.6. The van der Waals surface area contributed by atoms with Gasteiger partial charge in [-0.15, -0.1) is 0 Å². The molecule has 0 fully saturated rings. The number of hydrogen-bond donors (Lipinski definition) is 0. The first-order valence-corrected chi connectivity index (χ1v) is 10.4. The van der Waals surface area contributed by atoms with E-state index >= 15 is 0 Å². The summed E-state index contributed by atoms with van der Waals surface area (Å²) in [6.07, 6.45) is 0. The summed E-state index contributed by atoms with van der Waals surface area (Å²) < 4.78 is 5.16. The lowest BCUT2D eigenvalue weighted by atomic mass is 10.2. The maximum atomic E-state index is 12.9. The average molecular weight is 412 g/mol. The molecule has 0 saturated heterocycles. The molecule has 0 unspecified atom stereocenters. The van der Waals surface area contributed by atoms with Gasteiger partial charge in [0.15, 0.2) is 5.17 Å². The molecule has 0 bridgehead atoms. The predicted molar refractivity (Wildman–Crippen MR) is 117 cm³/mol. The van der Waals surface area contributed by atoms with Crippen molar-refractivity contribution in [1.29, 1.82) is 0 Å². The van der Waals surface area contributed by atoms with Gasteiger partial charge in [-0.25, -0.2) is 0 Å².